The van der Waals surface area contributed by atoms with Gasteiger partial charge in [-0.1, -0.05) is 0 Å². The molecule has 0 aromatic carbocycles. The Labute approximate surface area is 137 Å². The number of aromatic amines is 1. The fraction of sp³-hybridized carbons (Fsp3) is 0.643. The molecule has 1 aliphatic rings. The van der Waals surface area contributed by atoms with Gasteiger partial charge in [-0.2, -0.15) is 4.98 Å². The van der Waals surface area contributed by atoms with Crippen LogP contribution in [0.5, 0.6) is 0 Å². The Hall–Kier alpha value is -1.80. The zero-order chi connectivity index (χ0) is 16.6. The Morgan fingerprint density at radius 1 is 1.30 bits per heavy atom. The summed E-state index contributed by atoms with van der Waals surface area (Å²) in [6.45, 7) is 1.84. The molecule has 2 aromatic rings. The standard InChI is InChI=1S/C14H20ClN5O3/c1-18-11-10(12(22)17-14(18)23)20(8-9(21)7-15)13(16-11)19-5-3-2-4-6-19/h9,21H,2-8H2,1H3,(H,17,22,23). The van der Waals surface area contributed by atoms with E-state index >= 15 is 0 Å². The van der Waals surface area contributed by atoms with Crippen molar-refractivity contribution >= 4 is 28.7 Å². The number of imidazole rings is 1. The first-order valence-electron chi connectivity index (χ1n) is 7.71. The number of nitrogens with zero attached hydrogens (tertiary/aromatic N) is 4. The van der Waals surface area contributed by atoms with Crippen LogP contribution in [0.15, 0.2) is 9.59 Å². The van der Waals surface area contributed by atoms with Crippen LogP contribution < -0.4 is 16.1 Å². The van der Waals surface area contributed by atoms with Crippen LogP contribution in [-0.4, -0.2) is 49.3 Å². The number of aryl methyl sites for hydroxylation is 1. The molecular weight excluding hydrogens is 322 g/mol. The van der Waals surface area contributed by atoms with E-state index in [0.29, 0.717) is 11.6 Å². The minimum Gasteiger partial charge on any atom is -0.390 e. The predicted octanol–water partition coefficient (Wildman–Crippen LogP) is 0.0133. The molecule has 0 bridgehead atoms. The molecule has 1 fully saturated rings. The molecule has 0 radical (unpaired) electrons. The zero-order valence-electron chi connectivity index (χ0n) is 13.0. The molecule has 0 spiro atoms. The van der Waals surface area contributed by atoms with Crippen LogP contribution >= 0.6 is 11.6 Å². The molecule has 3 heterocycles. The summed E-state index contributed by atoms with van der Waals surface area (Å²) in [6.07, 6.45) is 2.47. The molecule has 2 aromatic heterocycles. The first-order valence-corrected chi connectivity index (χ1v) is 8.25. The number of H-pyrrole nitrogens is 1. The number of alkyl halides is 1. The topological polar surface area (TPSA) is 96.1 Å². The molecule has 1 atom stereocenters. The SMILES string of the molecule is Cn1c(=O)[nH]c(=O)c2c1nc(N1CCCCC1)n2CC(O)CCl. The molecule has 3 rings (SSSR count). The maximum atomic E-state index is 12.3. The second-order valence-electron chi connectivity index (χ2n) is 5.87. The van der Waals surface area contributed by atoms with Gasteiger partial charge in [0.1, 0.15) is 0 Å². The molecule has 23 heavy (non-hydrogen) atoms. The molecule has 1 unspecified atom stereocenters. The number of nitrogens with one attached hydrogen (secondary N) is 1. The van der Waals surface area contributed by atoms with E-state index in [1.165, 1.54) is 11.0 Å². The van der Waals surface area contributed by atoms with Crippen molar-refractivity contribution in [2.24, 2.45) is 7.05 Å². The summed E-state index contributed by atoms with van der Waals surface area (Å²) in [5.74, 6) is 0.665. The number of aliphatic hydroxyl groups is 1. The van der Waals surface area contributed by atoms with Gasteiger partial charge in [0.2, 0.25) is 5.95 Å². The normalized spacial score (nSPS) is 16.9. The summed E-state index contributed by atoms with van der Waals surface area (Å²) in [5, 5.41) is 9.95. The van der Waals surface area contributed by atoms with E-state index < -0.39 is 17.4 Å². The van der Waals surface area contributed by atoms with E-state index in [1.807, 2.05) is 0 Å². The Morgan fingerprint density at radius 3 is 2.65 bits per heavy atom. The molecular formula is C14H20ClN5O3. The van der Waals surface area contributed by atoms with Crippen LogP contribution in [0.1, 0.15) is 19.3 Å². The third-order valence-corrected chi connectivity index (χ3v) is 4.55. The lowest BCUT2D eigenvalue weighted by atomic mass is 10.1. The third-order valence-electron chi connectivity index (χ3n) is 4.20. The second-order valence-corrected chi connectivity index (χ2v) is 6.18. The third kappa shape index (κ3) is 2.88. The van der Waals surface area contributed by atoms with E-state index in [4.69, 9.17) is 11.6 Å². The molecule has 9 heteroatoms. The average molecular weight is 342 g/mol. The van der Waals surface area contributed by atoms with Crippen molar-refractivity contribution in [1.82, 2.24) is 19.1 Å². The summed E-state index contributed by atoms with van der Waals surface area (Å²) in [4.78, 5) is 33.0. The van der Waals surface area contributed by atoms with Gasteiger partial charge in [-0.05, 0) is 19.3 Å². The van der Waals surface area contributed by atoms with E-state index in [2.05, 4.69) is 14.9 Å². The second kappa shape index (κ2) is 6.37. The van der Waals surface area contributed by atoms with E-state index in [1.54, 1.807) is 11.6 Å². The largest absolute Gasteiger partial charge is 0.390 e. The summed E-state index contributed by atoms with van der Waals surface area (Å²) in [7, 11) is 1.57. The van der Waals surface area contributed by atoms with E-state index in [-0.39, 0.29) is 17.9 Å². The molecule has 126 valence electrons. The smallest absolute Gasteiger partial charge is 0.329 e. The van der Waals surface area contributed by atoms with Gasteiger partial charge in [0.15, 0.2) is 11.2 Å². The van der Waals surface area contributed by atoms with Gasteiger partial charge in [0.05, 0.1) is 18.5 Å². The number of hydrogen-bond acceptors (Lipinski definition) is 5. The summed E-state index contributed by atoms with van der Waals surface area (Å²) in [6, 6.07) is 0. The van der Waals surface area contributed by atoms with Crippen molar-refractivity contribution in [3.63, 3.8) is 0 Å². The first-order chi connectivity index (χ1) is 11.0. The van der Waals surface area contributed by atoms with Gasteiger partial charge < -0.3 is 14.6 Å². The fourth-order valence-corrected chi connectivity index (χ4v) is 3.09. The van der Waals surface area contributed by atoms with Crippen LogP contribution in [0.25, 0.3) is 11.2 Å². The maximum Gasteiger partial charge on any atom is 0.329 e. The van der Waals surface area contributed by atoms with Gasteiger partial charge in [-0.25, -0.2) is 4.79 Å². The monoisotopic (exact) mass is 341 g/mol. The van der Waals surface area contributed by atoms with Gasteiger partial charge in [-0.15, -0.1) is 11.6 Å². The van der Waals surface area contributed by atoms with Crippen LogP contribution in [0.3, 0.4) is 0 Å². The van der Waals surface area contributed by atoms with Crippen LogP contribution in [0.2, 0.25) is 0 Å². The number of piperidine rings is 1. The number of hydrogen-bond donors (Lipinski definition) is 2. The summed E-state index contributed by atoms with van der Waals surface area (Å²) < 4.78 is 2.99. The van der Waals surface area contributed by atoms with Crippen LogP contribution in [0.4, 0.5) is 5.95 Å². The van der Waals surface area contributed by atoms with Crippen LogP contribution in [0, 0.1) is 0 Å². The first kappa shape index (κ1) is 16.1. The average Bonchev–Trinajstić information content (AvgIpc) is 2.93. The molecule has 0 saturated carbocycles. The van der Waals surface area contributed by atoms with Crippen molar-refractivity contribution in [3.8, 4) is 0 Å². The van der Waals surface area contributed by atoms with Crippen molar-refractivity contribution < 1.29 is 5.11 Å². The summed E-state index contributed by atoms with van der Waals surface area (Å²) >= 11 is 5.72. The van der Waals surface area contributed by atoms with Crippen LogP contribution in [-0.2, 0) is 13.6 Å². The molecule has 8 nitrogen and oxygen atoms in total. The highest BCUT2D eigenvalue weighted by Crippen LogP contribution is 2.23. The minimum atomic E-state index is -0.797. The Balaban J connectivity index is 2.22. The lowest BCUT2D eigenvalue weighted by Gasteiger charge is -2.28. The number of aliphatic hydroxyl groups excluding tert-OH is 1. The molecule has 0 amide bonds. The Kier molecular flexibility index (Phi) is 4.45. The minimum absolute atomic E-state index is 0.0583. The quantitative estimate of drug-likeness (QED) is 0.764. The number of aromatic nitrogens is 4. The highest BCUT2D eigenvalue weighted by atomic mass is 35.5. The van der Waals surface area contributed by atoms with Gasteiger partial charge in [-0.3, -0.25) is 14.3 Å². The lowest BCUT2D eigenvalue weighted by Crippen LogP contribution is -2.33. The van der Waals surface area contributed by atoms with Crippen molar-refractivity contribution in [2.45, 2.75) is 31.9 Å². The van der Waals surface area contributed by atoms with Crippen molar-refractivity contribution in [3.05, 3.63) is 20.8 Å². The Morgan fingerprint density at radius 2 is 2.00 bits per heavy atom. The highest BCUT2D eigenvalue weighted by Gasteiger charge is 2.23. The highest BCUT2D eigenvalue weighted by molar-refractivity contribution is 6.18. The van der Waals surface area contributed by atoms with Gasteiger partial charge in [0.25, 0.3) is 5.56 Å². The lowest BCUT2D eigenvalue weighted by molar-refractivity contribution is 0.178. The number of anilines is 1. The molecule has 0 aliphatic carbocycles. The fourth-order valence-electron chi connectivity index (χ4n) is 2.99. The Bertz CT molecular complexity index is 818. The number of halogens is 1. The predicted molar refractivity (Wildman–Crippen MR) is 88.4 cm³/mol. The van der Waals surface area contributed by atoms with E-state index in [9.17, 15) is 14.7 Å². The van der Waals surface area contributed by atoms with Gasteiger partial charge >= 0.3 is 5.69 Å². The van der Waals surface area contributed by atoms with Crippen molar-refractivity contribution in [2.75, 3.05) is 23.9 Å². The zero-order valence-corrected chi connectivity index (χ0v) is 13.7. The molecule has 1 saturated heterocycles. The maximum absolute atomic E-state index is 12.3. The molecule has 1 aliphatic heterocycles. The van der Waals surface area contributed by atoms with E-state index in [0.717, 1.165) is 25.9 Å². The van der Waals surface area contributed by atoms with Gasteiger partial charge in [0, 0.05) is 20.1 Å². The summed E-state index contributed by atoms with van der Waals surface area (Å²) in [5.41, 5.74) is -0.395. The molecule has 2 N–H and O–H groups in total. The number of rotatable bonds is 4. The van der Waals surface area contributed by atoms with Crippen molar-refractivity contribution in [1.29, 1.82) is 0 Å². The number of fused-ring (bicyclic) bond motifs is 1.